The van der Waals surface area contributed by atoms with Gasteiger partial charge in [-0.2, -0.15) is 11.8 Å². The minimum Gasteiger partial charge on any atom is -0.362 e. The summed E-state index contributed by atoms with van der Waals surface area (Å²) in [6.45, 7) is 0.622. The summed E-state index contributed by atoms with van der Waals surface area (Å²) in [4.78, 5) is 0. The highest BCUT2D eigenvalue weighted by Gasteiger charge is 2.09. The second-order valence-corrected chi connectivity index (χ2v) is 6.90. The molecule has 0 saturated heterocycles. The van der Waals surface area contributed by atoms with Gasteiger partial charge in [-0.05, 0) is 48.2 Å². The molecule has 0 aliphatic carbocycles. The second-order valence-electron chi connectivity index (χ2n) is 4.98. The second kappa shape index (κ2) is 9.81. The topological polar surface area (TPSA) is 24.1 Å². The molecule has 0 aromatic heterocycles. The van der Waals surface area contributed by atoms with Gasteiger partial charge in [-0.1, -0.05) is 35.9 Å². The first-order valence-electron chi connectivity index (χ1n) is 7.38. The summed E-state index contributed by atoms with van der Waals surface area (Å²) in [5.74, 6) is 0.432. The van der Waals surface area contributed by atoms with Crippen molar-refractivity contribution < 1.29 is 8.78 Å². The van der Waals surface area contributed by atoms with E-state index in [1.54, 1.807) is 11.8 Å². The first-order chi connectivity index (χ1) is 11.6. The third-order valence-corrected chi connectivity index (χ3v) is 4.88. The van der Waals surface area contributed by atoms with E-state index >= 15 is 0 Å². The molecule has 0 atom stereocenters. The standard InChI is InChI=1S/C17H17ClF2N2S2/c18-13-6-2-1-5-12(13)11-24-10-4-9-21-17(23)22-16-14(19)7-3-8-15(16)20/h1-3,5-8H,4,9-11H2,(H2,21,22,23). The van der Waals surface area contributed by atoms with Gasteiger partial charge in [0.2, 0.25) is 0 Å². The summed E-state index contributed by atoms with van der Waals surface area (Å²) in [6.07, 6.45) is 0.872. The van der Waals surface area contributed by atoms with E-state index in [0.29, 0.717) is 6.54 Å². The Balaban J connectivity index is 1.64. The van der Waals surface area contributed by atoms with E-state index in [0.717, 1.165) is 28.5 Å². The van der Waals surface area contributed by atoms with Crippen molar-refractivity contribution in [2.45, 2.75) is 12.2 Å². The maximum atomic E-state index is 13.5. The molecular formula is C17H17ClF2N2S2. The number of anilines is 1. The van der Waals surface area contributed by atoms with Crippen molar-refractivity contribution in [3.63, 3.8) is 0 Å². The van der Waals surface area contributed by atoms with Gasteiger partial charge in [-0.3, -0.25) is 0 Å². The van der Waals surface area contributed by atoms with E-state index < -0.39 is 11.6 Å². The molecule has 0 unspecified atom stereocenters. The summed E-state index contributed by atoms with van der Waals surface area (Å²) in [5, 5.41) is 6.47. The van der Waals surface area contributed by atoms with Gasteiger partial charge in [-0.15, -0.1) is 0 Å². The van der Waals surface area contributed by atoms with E-state index in [9.17, 15) is 8.78 Å². The first-order valence-corrected chi connectivity index (χ1v) is 9.32. The fourth-order valence-electron chi connectivity index (χ4n) is 1.95. The molecule has 7 heteroatoms. The fraction of sp³-hybridized carbons (Fsp3) is 0.235. The fourth-order valence-corrected chi connectivity index (χ4v) is 3.40. The van der Waals surface area contributed by atoms with Crippen molar-refractivity contribution in [3.8, 4) is 0 Å². The zero-order chi connectivity index (χ0) is 17.4. The van der Waals surface area contributed by atoms with Gasteiger partial charge in [0.05, 0.1) is 0 Å². The summed E-state index contributed by atoms with van der Waals surface area (Å²) in [6, 6.07) is 11.4. The molecule has 2 N–H and O–H groups in total. The Hall–Kier alpha value is -1.37. The Kier molecular flexibility index (Phi) is 7.75. The van der Waals surface area contributed by atoms with Crippen LogP contribution in [0.1, 0.15) is 12.0 Å². The Morgan fingerprint density at radius 3 is 2.50 bits per heavy atom. The van der Waals surface area contributed by atoms with E-state index in [4.69, 9.17) is 23.8 Å². The van der Waals surface area contributed by atoms with E-state index in [-0.39, 0.29) is 10.8 Å². The van der Waals surface area contributed by atoms with Crippen molar-refractivity contribution >= 4 is 46.4 Å². The molecule has 0 radical (unpaired) electrons. The molecule has 2 rings (SSSR count). The van der Waals surface area contributed by atoms with Gasteiger partial charge in [0, 0.05) is 17.3 Å². The lowest BCUT2D eigenvalue weighted by atomic mass is 10.2. The number of hydrogen-bond acceptors (Lipinski definition) is 2. The highest BCUT2D eigenvalue weighted by Crippen LogP contribution is 2.21. The molecule has 0 amide bonds. The lowest BCUT2D eigenvalue weighted by molar-refractivity contribution is 0.591. The van der Waals surface area contributed by atoms with Crippen LogP contribution in [0.4, 0.5) is 14.5 Å². The predicted molar refractivity (Wildman–Crippen MR) is 103 cm³/mol. The number of thioether (sulfide) groups is 1. The first kappa shape index (κ1) is 19.0. The molecular weight excluding hydrogens is 370 g/mol. The van der Waals surface area contributed by atoms with Crippen LogP contribution in [-0.2, 0) is 5.75 Å². The molecule has 0 aliphatic rings. The van der Waals surface area contributed by atoms with Gasteiger partial charge in [-0.25, -0.2) is 8.78 Å². The summed E-state index contributed by atoms with van der Waals surface area (Å²) in [5.41, 5.74) is 0.882. The van der Waals surface area contributed by atoms with Crippen LogP contribution in [0.25, 0.3) is 0 Å². The van der Waals surface area contributed by atoms with Crippen LogP contribution in [0.5, 0.6) is 0 Å². The monoisotopic (exact) mass is 386 g/mol. The lowest BCUT2D eigenvalue weighted by Crippen LogP contribution is -2.30. The Bertz CT molecular complexity index is 678. The average Bonchev–Trinajstić information content (AvgIpc) is 2.56. The number of halogens is 3. The quantitative estimate of drug-likeness (QED) is 0.502. The van der Waals surface area contributed by atoms with Crippen molar-refractivity contribution in [1.82, 2.24) is 5.32 Å². The molecule has 0 spiro atoms. The predicted octanol–water partition coefficient (Wildman–Crippen LogP) is 5.23. The molecule has 0 aliphatic heterocycles. The van der Waals surface area contributed by atoms with Crippen LogP contribution in [0.3, 0.4) is 0 Å². The van der Waals surface area contributed by atoms with Crippen molar-refractivity contribution in [3.05, 3.63) is 64.7 Å². The molecule has 0 bridgehead atoms. The van der Waals surface area contributed by atoms with Gasteiger partial charge in [0.1, 0.15) is 17.3 Å². The molecule has 2 aromatic rings. The molecule has 0 heterocycles. The van der Waals surface area contributed by atoms with Crippen LogP contribution in [0.15, 0.2) is 42.5 Å². The van der Waals surface area contributed by atoms with Crippen LogP contribution >= 0.6 is 35.6 Å². The zero-order valence-corrected chi connectivity index (χ0v) is 15.2. The van der Waals surface area contributed by atoms with E-state index in [2.05, 4.69) is 10.6 Å². The third-order valence-electron chi connectivity index (χ3n) is 3.17. The molecule has 128 valence electrons. The van der Waals surface area contributed by atoms with Crippen LogP contribution in [0, 0.1) is 11.6 Å². The maximum absolute atomic E-state index is 13.5. The Morgan fingerprint density at radius 1 is 1.08 bits per heavy atom. The number of rotatable bonds is 7. The number of benzene rings is 2. The number of para-hydroxylation sites is 1. The van der Waals surface area contributed by atoms with Gasteiger partial charge >= 0.3 is 0 Å². The molecule has 0 fully saturated rings. The van der Waals surface area contributed by atoms with E-state index in [1.807, 2.05) is 24.3 Å². The van der Waals surface area contributed by atoms with Crippen molar-refractivity contribution in [2.75, 3.05) is 17.6 Å². The smallest absolute Gasteiger partial charge is 0.170 e. The number of hydrogen-bond donors (Lipinski definition) is 2. The van der Waals surface area contributed by atoms with Crippen molar-refractivity contribution in [1.29, 1.82) is 0 Å². The highest BCUT2D eigenvalue weighted by molar-refractivity contribution is 7.98. The normalized spacial score (nSPS) is 10.5. The lowest BCUT2D eigenvalue weighted by Gasteiger charge is -2.11. The SMILES string of the molecule is Fc1cccc(F)c1NC(=S)NCCCSCc1ccccc1Cl. The van der Waals surface area contributed by atoms with Crippen LogP contribution in [0.2, 0.25) is 5.02 Å². The minimum atomic E-state index is -0.672. The molecule has 2 aromatic carbocycles. The highest BCUT2D eigenvalue weighted by atomic mass is 35.5. The number of nitrogens with one attached hydrogen (secondary N) is 2. The minimum absolute atomic E-state index is 0.204. The molecule has 2 nitrogen and oxygen atoms in total. The Morgan fingerprint density at radius 2 is 1.79 bits per heavy atom. The van der Waals surface area contributed by atoms with Crippen molar-refractivity contribution in [2.24, 2.45) is 0 Å². The number of thiocarbonyl (C=S) groups is 1. The van der Waals surface area contributed by atoms with E-state index in [1.165, 1.54) is 18.2 Å². The third kappa shape index (κ3) is 5.92. The molecule has 0 saturated carbocycles. The van der Waals surface area contributed by atoms with Gasteiger partial charge in [0.25, 0.3) is 0 Å². The summed E-state index contributed by atoms with van der Waals surface area (Å²) >= 11 is 12.9. The summed E-state index contributed by atoms with van der Waals surface area (Å²) < 4.78 is 27.0. The maximum Gasteiger partial charge on any atom is 0.170 e. The average molecular weight is 387 g/mol. The van der Waals surface area contributed by atoms with Gasteiger partial charge in [0.15, 0.2) is 5.11 Å². The Labute approximate surface area is 155 Å². The zero-order valence-electron chi connectivity index (χ0n) is 12.8. The van der Waals surface area contributed by atoms with Crippen LogP contribution in [-0.4, -0.2) is 17.4 Å². The summed E-state index contributed by atoms with van der Waals surface area (Å²) in [7, 11) is 0. The van der Waals surface area contributed by atoms with Gasteiger partial charge < -0.3 is 10.6 Å². The largest absolute Gasteiger partial charge is 0.362 e. The van der Waals surface area contributed by atoms with Crippen LogP contribution < -0.4 is 10.6 Å². The molecule has 24 heavy (non-hydrogen) atoms.